The van der Waals surface area contributed by atoms with Gasteiger partial charge in [-0.2, -0.15) is 0 Å². The molecule has 5 heteroatoms. The maximum absolute atomic E-state index is 12.0. The van der Waals surface area contributed by atoms with E-state index in [-0.39, 0.29) is 12.0 Å². The highest BCUT2D eigenvalue weighted by Crippen LogP contribution is 2.34. The van der Waals surface area contributed by atoms with E-state index in [0.29, 0.717) is 13.2 Å². The average molecular weight is 306 g/mol. The molecular formula is C16H22N2O2S. The van der Waals surface area contributed by atoms with Crippen LogP contribution in [0.25, 0.3) is 0 Å². The Bertz CT molecular complexity index is 466. The molecule has 3 rings (SSSR count). The summed E-state index contributed by atoms with van der Waals surface area (Å²) < 4.78 is 5.45. The van der Waals surface area contributed by atoms with Gasteiger partial charge >= 0.3 is 0 Å². The minimum atomic E-state index is -0.383. The maximum atomic E-state index is 12.0. The van der Waals surface area contributed by atoms with Crippen LogP contribution in [0.15, 0.2) is 29.2 Å². The van der Waals surface area contributed by atoms with Crippen molar-refractivity contribution in [3.8, 4) is 0 Å². The monoisotopic (exact) mass is 306 g/mol. The number of amides is 1. The molecule has 0 radical (unpaired) electrons. The molecule has 1 amide bonds. The lowest BCUT2D eigenvalue weighted by Crippen LogP contribution is -2.45. The third-order valence-corrected chi connectivity index (χ3v) is 5.30. The van der Waals surface area contributed by atoms with E-state index in [0.717, 1.165) is 17.5 Å². The van der Waals surface area contributed by atoms with Gasteiger partial charge in [-0.1, -0.05) is 12.8 Å². The molecule has 1 heterocycles. The minimum absolute atomic E-state index is 0.0709. The summed E-state index contributed by atoms with van der Waals surface area (Å²) in [5, 5.41) is 6.85. The molecule has 2 N–H and O–H groups in total. The summed E-state index contributed by atoms with van der Waals surface area (Å²) in [6, 6.07) is 8.15. The smallest absolute Gasteiger partial charge is 0.254 e. The highest BCUT2D eigenvalue weighted by atomic mass is 32.2. The fraction of sp³-hybridized carbons (Fsp3) is 0.562. The van der Waals surface area contributed by atoms with Gasteiger partial charge in [0.1, 0.15) is 6.10 Å². The second-order valence-corrected chi connectivity index (χ2v) is 6.98. The molecule has 1 aliphatic carbocycles. The number of morpholine rings is 1. The summed E-state index contributed by atoms with van der Waals surface area (Å²) in [6.45, 7) is 1.99. The number of carbonyl (C=O) groups is 1. The molecule has 1 saturated heterocycles. The van der Waals surface area contributed by atoms with Crippen molar-refractivity contribution in [1.29, 1.82) is 0 Å². The van der Waals surface area contributed by atoms with Gasteiger partial charge in [0.05, 0.1) is 6.61 Å². The lowest BCUT2D eigenvalue weighted by atomic mass is 10.2. The van der Waals surface area contributed by atoms with E-state index < -0.39 is 0 Å². The zero-order valence-corrected chi connectivity index (χ0v) is 13.0. The predicted octanol–water partition coefficient (Wildman–Crippen LogP) is 2.65. The fourth-order valence-corrected chi connectivity index (χ4v) is 4.02. The Morgan fingerprint density at radius 2 is 2.00 bits per heavy atom. The van der Waals surface area contributed by atoms with Crippen molar-refractivity contribution in [2.45, 2.75) is 41.9 Å². The van der Waals surface area contributed by atoms with Crippen molar-refractivity contribution >= 4 is 23.4 Å². The van der Waals surface area contributed by atoms with E-state index in [1.807, 2.05) is 23.9 Å². The van der Waals surface area contributed by atoms with Crippen LogP contribution >= 0.6 is 11.8 Å². The van der Waals surface area contributed by atoms with Gasteiger partial charge in [0, 0.05) is 28.9 Å². The van der Waals surface area contributed by atoms with Crippen LogP contribution in [0.4, 0.5) is 5.69 Å². The number of hydrogen-bond acceptors (Lipinski definition) is 4. The third kappa shape index (κ3) is 4.22. The van der Waals surface area contributed by atoms with Crippen LogP contribution in [-0.2, 0) is 9.53 Å². The first-order chi connectivity index (χ1) is 10.3. The van der Waals surface area contributed by atoms with Crippen LogP contribution in [0.3, 0.4) is 0 Å². The summed E-state index contributed by atoms with van der Waals surface area (Å²) in [4.78, 5) is 13.3. The fourth-order valence-electron chi connectivity index (χ4n) is 2.77. The molecule has 2 fully saturated rings. The van der Waals surface area contributed by atoms with Crippen molar-refractivity contribution in [2.24, 2.45) is 0 Å². The molecule has 4 nitrogen and oxygen atoms in total. The number of nitrogens with one attached hydrogen (secondary N) is 2. The summed E-state index contributed by atoms with van der Waals surface area (Å²) in [5.41, 5.74) is 0.838. The Kier molecular flexibility index (Phi) is 5.17. The first-order valence-electron chi connectivity index (χ1n) is 7.71. The molecule has 1 aromatic carbocycles. The molecule has 1 atom stereocenters. The molecule has 0 spiro atoms. The van der Waals surface area contributed by atoms with Gasteiger partial charge < -0.3 is 15.4 Å². The van der Waals surface area contributed by atoms with Gasteiger partial charge in [0.15, 0.2) is 0 Å². The van der Waals surface area contributed by atoms with Gasteiger partial charge in [-0.25, -0.2) is 0 Å². The Balaban J connectivity index is 1.52. The van der Waals surface area contributed by atoms with Crippen LogP contribution in [0.5, 0.6) is 0 Å². The molecule has 0 aromatic heterocycles. The second kappa shape index (κ2) is 7.29. The van der Waals surface area contributed by atoms with E-state index in [1.54, 1.807) is 0 Å². The van der Waals surface area contributed by atoms with Crippen molar-refractivity contribution in [1.82, 2.24) is 5.32 Å². The van der Waals surface area contributed by atoms with Crippen LogP contribution < -0.4 is 10.6 Å². The predicted molar refractivity (Wildman–Crippen MR) is 85.8 cm³/mol. The molecule has 114 valence electrons. The number of ether oxygens (including phenoxy) is 1. The summed E-state index contributed by atoms with van der Waals surface area (Å²) in [6.07, 6.45) is 5.00. The zero-order chi connectivity index (χ0) is 14.5. The third-order valence-electron chi connectivity index (χ3n) is 3.95. The lowest BCUT2D eigenvalue weighted by molar-refractivity contribution is -0.128. The molecule has 0 bridgehead atoms. The molecule has 1 saturated carbocycles. The number of anilines is 1. The number of rotatable bonds is 4. The molecule has 2 aliphatic rings. The van der Waals surface area contributed by atoms with Crippen LogP contribution in [0.2, 0.25) is 0 Å². The summed E-state index contributed by atoms with van der Waals surface area (Å²) in [5.74, 6) is -0.0709. The van der Waals surface area contributed by atoms with Gasteiger partial charge in [-0.3, -0.25) is 4.79 Å². The normalized spacial score (nSPS) is 23.1. The topological polar surface area (TPSA) is 50.4 Å². The van der Waals surface area contributed by atoms with Gasteiger partial charge in [0.2, 0.25) is 0 Å². The number of carbonyl (C=O) groups excluding carboxylic acids is 1. The van der Waals surface area contributed by atoms with Gasteiger partial charge in [0.25, 0.3) is 5.91 Å². The summed E-state index contributed by atoms with van der Waals surface area (Å²) >= 11 is 1.96. The average Bonchev–Trinajstić information content (AvgIpc) is 3.03. The van der Waals surface area contributed by atoms with Crippen molar-refractivity contribution in [3.63, 3.8) is 0 Å². The first kappa shape index (κ1) is 14.9. The quantitative estimate of drug-likeness (QED) is 0.898. The zero-order valence-electron chi connectivity index (χ0n) is 12.1. The minimum Gasteiger partial charge on any atom is -0.366 e. The Hall–Kier alpha value is -1.04. The standard InChI is InChI=1S/C16H22N2O2S/c19-16(15-11-17-9-10-20-15)18-12-5-7-14(8-6-12)21-13-3-1-2-4-13/h5-8,13,15,17H,1-4,9-11H2,(H,18,19). The van der Waals surface area contributed by atoms with Crippen LogP contribution in [-0.4, -0.2) is 37.0 Å². The Morgan fingerprint density at radius 3 is 2.67 bits per heavy atom. The van der Waals surface area contributed by atoms with E-state index in [2.05, 4.69) is 22.8 Å². The summed E-state index contributed by atoms with van der Waals surface area (Å²) in [7, 11) is 0. The number of benzene rings is 1. The first-order valence-corrected chi connectivity index (χ1v) is 8.59. The highest BCUT2D eigenvalue weighted by Gasteiger charge is 2.21. The van der Waals surface area contributed by atoms with Crippen molar-refractivity contribution in [2.75, 3.05) is 25.0 Å². The maximum Gasteiger partial charge on any atom is 0.254 e. The largest absolute Gasteiger partial charge is 0.366 e. The van der Waals surface area contributed by atoms with Crippen molar-refractivity contribution < 1.29 is 9.53 Å². The molecular weight excluding hydrogens is 284 g/mol. The Morgan fingerprint density at radius 1 is 1.24 bits per heavy atom. The highest BCUT2D eigenvalue weighted by molar-refractivity contribution is 8.00. The molecule has 21 heavy (non-hydrogen) atoms. The van der Waals surface area contributed by atoms with Crippen molar-refractivity contribution in [3.05, 3.63) is 24.3 Å². The molecule has 1 unspecified atom stereocenters. The van der Waals surface area contributed by atoms with Crippen LogP contribution in [0, 0.1) is 0 Å². The Labute approximate surface area is 130 Å². The SMILES string of the molecule is O=C(Nc1ccc(SC2CCCC2)cc1)C1CNCCO1. The van der Waals surface area contributed by atoms with Gasteiger partial charge in [-0.15, -0.1) is 11.8 Å². The second-order valence-electron chi connectivity index (χ2n) is 5.60. The van der Waals surface area contributed by atoms with E-state index in [9.17, 15) is 4.79 Å². The van der Waals surface area contributed by atoms with E-state index in [4.69, 9.17) is 4.74 Å². The van der Waals surface area contributed by atoms with E-state index in [1.165, 1.54) is 30.6 Å². The van der Waals surface area contributed by atoms with Gasteiger partial charge in [-0.05, 0) is 37.1 Å². The molecule has 1 aliphatic heterocycles. The number of thioether (sulfide) groups is 1. The van der Waals surface area contributed by atoms with E-state index >= 15 is 0 Å². The van der Waals surface area contributed by atoms with Crippen LogP contribution in [0.1, 0.15) is 25.7 Å². The lowest BCUT2D eigenvalue weighted by Gasteiger charge is -2.22. The molecule has 1 aromatic rings. The number of hydrogen-bond donors (Lipinski definition) is 2.